The molecule has 4 aromatic rings. The molecule has 0 radical (unpaired) electrons. The summed E-state index contributed by atoms with van der Waals surface area (Å²) in [5.74, 6) is -1.46. The van der Waals surface area contributed by atoms with Gasteiger partial charge in [-0.2, -0.15) is 0 Å². The summed E-state index contributed by atoms with van der Waals surface area (Å²) < 4.78 is 30.4. The number of halogens is 3. The predicted molar refractivity (Wildman–Crippen MR) is 112 cm³/mol. The van der Waals surface area contributed by atoms with Gasteiger partial charge in [0.25, 0.3) is 5.91 Å². The lowest BCUT2D eigenvalue weighted by Gasteiger charge is -2.08. The molecule has 0 unspecified atom stereocenters. The largest absolute Gasteiger partial charge is 0.322 e. The monoisotopic (exact) mass is 456 g/mol. The van der Waals surface area contributed by atoms with E-state index >= 15 is 0 Å². The van der Waals surface area contributed by atoms with E-state index in [4.69, 9.17) is 0 Å². The van der Waals surface area contributed by atoms with E-state index in [1.807, 2.05) is 12.1 Å². The zero-order chi connectivity index (χ0) is 20.5. The molecule has 1 aromatic heterocycles. The van der Waals surface area contributed by atoms with Crippen molar-refractivity contribution in [3.63, 3.8) is 0 Å². The van der Waals surface area contributed by atoms with E-state index in [0.717, 1.165) is 4.47 Å². The molecule has 146 valence electrons. The Balaban J connectivity index is 1.63. The Morgan fingerprint density at radius 1 is 1.03 bits per heavy atom. The third-order valence-electron chi connectivity index (χ3n) is 4.44. The second-order valence-electron chi connectivity index (χ2n) is 6.38. The number of fused-ring (bicyclic) bond motifs is 1. The third kappa shape index (κ3) is 3.84. The molecule has 0 spiro atoms. The summed E-state index contributed by atoms with van der Waals surface area (Å²) in [6, 6.07) is 15.9. The molecule has 0 saturated heterocycles. The molecule has 2 N–H and O–H groups in total. The van der Waals surface area contributed by atoms with Crippen molar-refractivity contribution in [1.82, 2.24) is 9.55 Å². The minimum atomic E-state index is -0.716. The van der Waals surface area contributed by atoms with Crippen LogP contribution in [0.2, 0.25) is 0 Å². The lowest BCUT2D eigenvalue weighted by atomic mass is 10.2. The number of carbonyl (C=O) groups excluding carboxylic acids is 1. The molecule has 4 rings (SSSR count). The number of para-hydroxylation sites is 1. The molecule has 0 aliphatic heterocycles. The highest BCUT2D eigenvalue weighted by molar-refractivity contribution is 9.10. The molecule has 5 nitrogen and oxygen atoms in total. The van der Waals surface area contributed by atoms with Crippen molar-refractivity contribution in [2.45, 2.75) is 0 Å². The van der Waals surface area contributed by atoms with Gasteiger partial charge in [-0.25, -0.2) is 13.8 Å². The maximum atomic E-state index is 13.9. The summed E-state index contributed by atoms with van der Waals surface area (Å²) in [7, 11) is 1.72. The SMILES string of the molecule is Cn1c(Nc2c(F)cccc2F)nc2cc(C(=O)Nc3ccc(Br)cc3)ccc21. The number of aromatic nitrogens is 2. The number of aryl methyl sites for hydroxylation is 1. The number of nitrogens with zero attached hydrogens (tertiary/aromatic N) is 2. The maximum absolute atomic E-state index is 13.9. The first-order valence-corrected chi connectivity index (χ1v) is 9.46. The summed E-state index contributed by atoms with van der Waals surface area (Å²) in [5, 5.41) is 5.51. The number of nitrogens with one attached hydrogen (secondary N) is 2. The van der Waals surface area contributed by atoms with Gasteiger partial charge in [-0.1, -0.05) is 22.0 Å². The number of benzene rings is 3. The van der Waals surface area contributed by atoms with Crippen molar-refractivity contribution in [2.24, 2.45) is 7.05 Å². The van der Waals surface area contributed by atoms with Crippen molar-refractivity contribution in [3.05, 3.63) is 82.3 Å². The molecule has 1 heterocycles. The van der Waals surface area contributed by atoms with Gasteiger partial charge in [0.05, 0.1) is 11.0 Å². The molecule has 1 amide bonds. The molecule has 0 aliphatic carbocycles. The van der Waals surface area contributed by atoms with Crippen LogP contribution in [0.25, 0.3) is 11.0 Å². The molecule has 0 bridgehead atoms. The van der Waals surface area contributed by atoms with Gasteiger partial charge in [0.15, 0.2) is 0 Å². The van der Waals surface area contributed by atoms with Crippen LogP contribution in [0.4, 0.5) is 26.1 Å². The highest BCUT2D eigenvalue weighted by atomic mass is 79.9. The van der Waals surface area contributed by atoms with E-state index in [2.05, 4.69) is 31.5 Å². The Labute approximate surface area is 173 Å². The van der Waals surface area contributed by atoms with Crippen LogP contribution in [0.3, 0.4) is 0 Å². The van der Waals surface area contributed by atoms with E-state index in [1.54, 1.807) is 41.9 Å². The van der Waals surface area contributed by atoms with Crippen LogP contribution in [0, 0.1) is 11.6 Å². The van der Waals surface area contributed by atoms with Crippen LogP contribution in [0.1, 0.15) is 10.4 Å². The van der Waals surface area contributed by atoms with E-state index < -0.39 is 11.6 Å². The molecular formula is C21H15BrF2N4O. The van der Waals surface area contributed by atoms with Crippen molar-refractivity contribution in [3.8, 4) is 0 Å². The number of anilines is 3. The summed E-state index contributed by atoms with van der Waals surface area (Å²) >= 11 is 3.35. The van der Waals surface area contributed by atoms with Crippen LogP contribution in [-0.2, 0) is 7.05 Å². The first-order valence-electron chi connectivity index (χ1n) is 8.67. The van der Waals surface area contributed by atoms with Crippen LogP contribution in [0.15, 0.2) is 65.1 Å². The lowest BCUT2D eigenvalue weighted by molar-refractivity contribution is 0.102. The Kier molecular flexibility index (Phi) is 5.02. The smallest absolute Gasteiger partial charge is 0.255 e. The normalized spacial score (nSPS) is 10.9. The Morgan fingerprint density at radius 2 is 1.72 bits per heavy atom. The Morgan fingerprint density at radius 3 is 2.41 bits per heavy atom. The van der Waals surface area contributed by atoms with Gasteiger partial charge in [0.1, 0.15) is 17.3 Å². The average Bonchev–Trinajstić information content (AvgIpc) is 3.01. The van der Waals surface area contributed by atoms with Crippen LogP contribution < -0.4 is 10.6 Å². The summed E-state index contributed by atoms with van der Waals surface area (Å²) in [6.07, 6.45) is 0. The maximum Gasteiger partial charge on any atom is 0.255 e. The number of hydrogen-bond acceptors (Lipinski definition) is 3. The molecule has 0 fully saturated rings. The van der Waals surface area contributed by atoms with E-state index in [0.29, 0.717) is 22.3 Å². The Hall–Kier alpha value is -3.26. The van der Waals surface area contributed by atoms with E-state index in [-0.39, 0.29) is 17.5 Å². The highest BCUT2D eigenvalue weighted by Gasteiger charge is 2.15. The van der Waals surface area contributed by atoms with Gasteiger partial charge < -0.3 is 15.2 Å². The van der Waals surface area contributed by atoms with Crippen molar-refractivity contribution in [2.75, 3.05) is 10.6 Å². The fourth-order valence-corrected chi connectivity index (χ4v) is 3.18. The number of carbonyl (C=O) groups is 1. The second-order valence-corrected chi connectivity index (χ2v) is 7.30. The van der Waals surface area contributed by atoms with Gasteiger partial charge in [-0.15, -0.1) is 0 Å². The predicted octanol–water partition coefficient (Wildman–Crippen LogP) is 5.61. The minimum absolute atomic E-state index is 0.259. The average molecular weight is 457 g/mol. The molecular weight excluding hydrogens is 442 g/mol. The summed E-state index contributed by atoms with van der Waals surface area (Å²) in [4.78, 5) is 16.9. The van der Waals surface area contributed by atoms with Gasteiger partial charge in [0.2, 0.25) is 5.95 Å². The fourth-order valence-electron chi connectivity index (χ4n) is 2.92. The number of hydrogen-bond donors (Lipinski definition) is 2. The molecule has 0 saturated carbocycles. The second kappa shape index (κ2) is 7.63. The van der Waals surface area contributed by atoms with Crippen molar-refractivity contribution in [1.29, 1.82) is 0 Å². The molecule has 8 heteroatoms. The molecule has 29 heavy (non-hydrogen) atoms. The third-order valence-corrected chi connectivity index (χ3v) is 4.97. The molecule has 0 aliphatic rings. The standard InChI is InChI=1S/C21H15BrF2N4O/c1-28-18-10-5-12(20(29)25-14-8-6-13(22)7-9-14)11-17(18)26-21(28)27-19-15(23)3-2-4-16(19)24/h2-11H,1H3,(H,25,29)(H,26,27). The number of rotatable bonds is 4. The number of amides is 1. The van der Waals surface area contributed by atoms with Crippen LogP contribution >= 0.6 is 15.9 Å². The summed E-state index contributed by atoms with van der Waals surface area (Å²) in [5.41, 5.74) is 2.04. The van der Waals surface area contributed by atoms with Crippen molar-refractivity contribution < 1.29 is 13.6 Å². The summed E-state index contributed by atoms with van der Waals surface area (Å²) in [6.45, 7) is 0. The first-order chi connectivity index (χ1) is 13.9. The van der Waals surface area contributed by atoms with Crippen LogP contribution in [-0.4, -0.2) is 15.5 Å². The molecule has 0 atom stereocenters. The van der Waals surface area contributed by atoms with Gasteiger partial charge in [0, 0.05) is 22.8 Å². The van der Waals surface area contributed by atoms with Gasteiger partial charge in [-0.05, 0) is 54.6 Å². The first kappa shape index (κ1) is 19.1. The zero-order valence-electron chi connectivity index (χ0n) is 15.2. The number of imidazole rings is 1. The zero-order valence-corrected chi connectivity index (χ0v) is 16.8. The van der Waals surface area contributed by atoms with Gasteiger partial charge >= 0.3 is 0 Å². The molecule has 3 aromatic carbocycles. The quantitative estimate of drug-likeness (QED) is 0.419. The fraction of sp³-hybridized carbons (Fsp3) is 0.0476. The topological polar surface area (TPSA) is 59.0 Å². The van der Waals surface area contributed by atoms with Crippen molar-refractivity contribution >= 4 is 50.2 Å². The highest BCUT2D eigenvalue weighted by Crippen LogP contribution is 2.26. The lowest BCUT2D eigenvalue weighted by Crippen LogP contribution is -2.11. The minimum Gasteiger partial charge on any atom is -0.322 e. The van der Waals surface area contributed by atoms with Gasteiger partial charge in [-0.3, -0.25) is 4.79 Å². The Bertz CT molecular complexity index is 1200. The van der Waals surface area contributed by atoms with Crippen LogP contribution in [0.5, 0.6) is 0 Å². The van der Waals surface area contributed by atoms with E-state index in [1.165, 1.54) is 18.2 Å². The van der Waals surface area contributed by atoms with E-state index in [9.17, 15) is 13.6 Å².